The molecule has 1 saturated carbocycles. The van der Waals surface area contributed by atoms with E-state index >= 15 is 4.39 Å². The maximum absolute atomic E-state index is 16.4. The molecule has 1 aliphatic heterocycles. The van der Waals surface area contributed by atoms with E-state index in [1.54, 1.807) is 18.3 Å². The highest BCUT2D eigenvalue weighted by molar-refractivity contribution is 6.34. The molecular formula is C30H31ClFN3O5. The maximum Gasteiger partial charge on any atom is 0.330 e. The number of benzene rings is 2. The van der Waals surface area contributed by atoms with Crippen molar-refractivity contribution in [2.75, 3.05) is 18.4 Å². The number of pyridine rings is 1. The summed E-state index contributed by atoms with van der Waals surface area (Å²) in [7, 11) is 0. The van der Waals surface area contributed by atoms with E-state index in [9.17, 15) is 19.5 Å². The van der Waals surface area contributed by atoms with E-state index < -0.39 is 35.7 Å². The van der Waals surface area contributed by atoms with Gasteiger partial charge in [-0.05, 0) is 67.7 Å². The molecule has 0 bridgehead atoms. The van der Waals surface area contributed by atoms with Crippen LogP contribution in [-0.2, 0) is 20.7 Å². The van der Waals surface area contributed by atoms with Gasteiger partial charge in [0.1, 0.15) is 5.69 Å². The quantitative estimate of drug-likeness (QED) is 0.322. The van der Waals surface area contributed by atoms with Crippen molar-refractivity contribution in [1.29, 1.82) is 0 Å². The van der Waals surface area contributed by atoms with Crippen LogP contribution in [-0.4, -0.2) is 57.8 Å². The number of amides is 1. The number of alkyl halides is 1. The Balaban J connectivity index is 1.28. The van der Waals surface area contributed by atoms with Gasteiger partial charge in [0.15, 0.2) is 0 Å². The molecule has 40 heavy (non-hydrogen) atoms. The second kappa shape index (κ2) is 12.0. The molecule has 1 atom stereocenters. The number of hydrogen-bond donors (Lipinski definition) is 2. The Hall–Kier alpha value is -3.40. The van der Waals surface area contributed by atoms with Crippen LogP contribution in [0.1, 0.15) is 54.6 Å². The average molecular weight is 568 g/mol. The van der Waals surface area contributed by atoms with Gasteiger partial charge in [-0.25, -0.2) is 4.90 Å². The van der Waals surface area contributed by atoms with Crippen LogP contribution in [0.25, 0.3) is 10.8 Å². The fourth-order valence-electron chi connectivity index (χ4n) is 5.52. The van der Waals surface area contributed by atoms with Gasteiger partial charge in [0.2, 0.25) is 5.78 Å². The van der Waals surface area contributed by atoms with Gasteiger partial charge in [-0.1, -0.05) is 41.9 Å². The summed E-state index contributed by atoms with van der Waals surface area (Å²) in [5.41, 5.74) is 1.08. The SMILES string of the molecule is O=C(Nc1ccc(CC(=O)C(F)(OC2CCC(C(=O)O)CC2)N2CCCC2)cc1Cl)c1nccc2ccccc12. The molecule has 8 nitrogen and oxygen atoms in total. The third kappa shape index (κ3) is 6.01. The molecule has 2 aromatic carbocycles. The first-order valence-electron chi connectivity index (χ1n) is 13.6. The van der Waals surface area contributed by atoms with Crippen molar-refractivity contribution in [2.24, 2.45) is 5.92 Å². The third-order valence-corrected chi connectivity index (χ3v) is 8.05. The second-order valence-corrected chi connectivity index (χ2v) is 10.8. The molecule has 2 N–H and O–H groups in total. The number of likely N-dealkylation sites (tertiary alicyclic amines) is 1. The minimum atomic E-state index is -2.60. The van der Waals surface area contributed by atoms with Crippen LogP contribution in [0.2, 0.25) is 5.02 Å². The standard InChI is InChI=1S/C30H31ClFN3O5/c31-24-17-19(7-12-25(24)34-28(37)27-23-6-2-1-5-20(23)13-14-33-27)18-26(36)30(32,35-15-3-4-16-35)40-22-10-8-21(9-11-22)29(38)39/h1-2,5-7,12-14,17,21-22H,3-4,8-11,15-16,18H2,(H,34,37)(H,38,39). The van der Waals surface area contributed by atoms with E-state index in [1.807, 2.05) is 30.3 Å². The fraction of sp³-hybridized carbons (Fsp3) is 0.400. The molecule has 0 spiro atoms. The van der Waals surface area contributed by atoms with Crippen LogP contribution in [0.5, 0.6) is 0 Å². The Morgan fingerprint density at radius 2 is 1.80 bits per heavy atom. The normalized spacial score (nSPS) is 21.1. The summed E-state index contributed by atoms with van der Waals surface area (Å²) in [4.78, 5) is 43.3. The first-order chi connectivity index (χ1) is 19.2. The van der Waals surface area contributed by atoms with Crippen molar-refractivity contribution in [3.63, 3.8) is 0 Å². The maximum atomic E-state index is 16.4. The second-order valence-electron chi connectivity index (χ2n) is 10.4. The van der Waals surface area contributed by atoms with Crippen LogP contribution in [0.4, 0.5) is 10.1 Å². The number of aliphatic carboxylic acids is 1. The van der Waals surface area contributed by atoms with Crippen molar-refractivity contribution in [1.82, 2.24) is 9.88 Å². The summed E-state index contributed by atoms with van der Waals surface area (Å²) in [5.74, 6) is -5.08. The van der Waals surface area contributed by atoms with E-state index in [0.29, 0.717) is 55.4 Å². The summed E-state index contributed by atoms with van der Waals surface area (Å²) in [6.45, 7) is 0.807. The summed E-state index contributed by atoms with van der Waals surface area (Å²) in [5, 5.41) is 13.8. The average Bonchev–Trinajstić information content (AvgIpc) is 3.50. The molecule has 1 saturated heterocycles. The number of carboxylic acid groups (broad SMARTS) is 1. The predicted octanol–water partition coefficient (Wildman–Crippen LogP) is 5.63. The van der Waals surface area contributed by atoms with E-state index in [4.69, 9.17) is 16.3 Å². The van der Waals surface area contributed by atoms with Crippen molar-refractivity contribution >= 4 is 45.7 Å². The Kier molecular flexibility index (Phi) is 8.44. The van der Waals surface area contributed by atoms with Gasteiger partial charge in [-0.3, -0.25) is 19.4 Å². The third-order valence-electron chi connectivity index (χ3n) is 7.74. The van der Waals surface area contributed by atoms with Gasteiger partial charge >= 0.3 is 11.9 Å². The minimum absolute atomic E-state index is 0.206. The monoisotopic (exact) mass is 567 g/mol. The topological polar surface area (TPSA) is 109 Å². The Morgan fingerprint density at radius 3 is 2.50 bits per heavy atom. The lowest BCUT2D eigenvalue weighted by molar-refractivity contribution is -0.252. The lowest BCUT2D eigenvalue weighted by Gasteiger charge is -2.37. The number of nitrogens with one attached hydrogen (secondary N) is 1. The van der Waals surface area contributed by atoms with Gasteiger partial charge in [-0.2, -0.15) is 4.39 Å². The fourth-order valence-corrected chi connectivity index (χ4v) is 5.77. The molecule has 210 valence electrons. The molecule has 1 aliphatic carbocycles. The number of Topliss-reactive ketones (excluding diaryl/α,β-unsaturated/α-hetero) is 1. The smallest absolute Gasteiger partial charge is 0.330 e. The number of nitrogens with zero attached hydrogens (tertiary/aromatic N) is 2. The first kappa shape index (κ1) is 28.1. The van der Waals surface area contributed by atoms with E-state index in [-0.39, 0.29) is 17.1 Å². The van der Waals surface area contributed by atoms with Gasteiger partial charge in [-0.15, -0.1) is 0 Å². The van der Waals surface area contributed by atoms with Crippen LogP contribution >= 0.6 is 11.6 Å². The molecule has 1 amide bonds. The van der Waals surface area contributed by atoms with Gasteiger partial charge in [0, 0.05) is 31.1 Å². The number of aromatic nitrogens is 1. The van der Waals surface area contributed by atoms with E-state index in [1.165, 1.54) is 11.0 Å². The summed E-state index contributed by atoms with van der Waals surface area (Å²) < 4.78 is 22.3. The van der Waals surface area contributed by atoms with Crippen LogP contribution in [0.15, 0.2) is 54.7 Å². The first-order valence-corrected chi connectivity index (χ1v) is 13.9. The Bertz CT molecular complexity index is 1420. The van der Waals surface area contributed by atoms with Gasteiger partial charge < -0.3 is 15.2 Å². The van der Waals surface area contributed by atoms with Crippen molar-refractivity contribution in [3.8, 4) is 0 Å². The van der Waals surface area contributed by atoms with E-state index in [0.717, 1.165) is 18.2 Å². The van der Waals surface area contributed by atoms with Crippen LogP contribution < -0.4 is 5.32 Å². The van der Waals surface area contributed by atoms with Crippen LogP contribution in [0.3, 0.4) is 0 Å². The summed E-state index contributed by atoms with van der Waals surface area (Å²) in [6, 6.07) is 14.0. The molecule has 0 radical (unpaired) electrons. The predicted molar refractivity (Wildman–Crippen MR) is 149 cm³/mol. The van der Waals surface area contributed by atoms with Crippen molar-refractivity contribution in [3.05, 3.63) is 71.0 Å². The number of ketones is 1. The summed E-state index contributed by atoms with van der Waals surface area (Å²) >= 11 is 6.47. The molecule has 3 aromatic rings. The number of hydrogen-bond acceptors (Lipinski definition) is 6. The molecule has 2 heterocycles. The number of ether oxygens (including phenoxy) is 1. The molecule has 1 unspecified atom stereocenters. The zero-order chi connectivity index (χ0) is 28.3. The number of carbonyl (C=O) groups is 3. The van der Waals surface area contributed by atoms with E-state index in [2.05, 4.69) is 10.3 Å². The highest BCUT2D eigenvalue weighted by Gasteiger charge is 2.48. The molecule has 2 aliphatic rings. The Morgan fingerprint density at radius 1 is 1.07 bits per heavy atom. The summed E-state index contributed by atoms with van der Waals surface area (Å²) in [6.07, 6.45) is 3.86. The Labute approximate surface area is 236 Å². The number of anilines is 1. The molecule has 1 aromatic heterocycles. The number of carbonyl (C=O) groups excluding carboxylic acids is 2. The lowest BCUT2D eigenvalue weighted by Crippen LogP contribution is -2.54. The lowest BCUT2D eigenvalue weighted by atomic mass is 9.87. The van der Waals surface area contributed by atoms with Crippen LogP contribution in [0, 0.1) is 5.92 Å². The number of rotatable bonds is 9. The van der Waals surface area contributed by atoms with Gasteiger partial charge in [0.05, 0.1) is 22.7 Å². The van der Waals surface area contributed by atoms with Crippen molar-refractivity contribution in [2.45, 2.75) is 57.0 Å². The number of fused-ring (bicyclic) bond motifs is 1. The zero-order valence-electron chi connectivity index (χ0n) is 21.9. The number of halogens is 2. The molecule has 10 heteroatoms. The highest BCUT2D eigenvalue weighted by atomic mass is 35.5. The molecular weight excluding hydrogens is 537 g/mol. The highest BCUT2D eigenvalue weighted by Crippen LogP contribution is 2.35. The molecule has 2 fully saturated rings. The van der Waals surface area contributed by atoms with Crippen molar-refractivity contribution < 1.29 is 28.6 Å². The molecule has 5 rings (SSSR count). The minimum Gasteiger partial charge on any atom is -0.481 e. The zero-order valence-corrected chi connectivity index (χ0v) is 22.7. The largest absolute Gasteiger partial charge is 0.481 e. The number of carboxylic acids is 1. The van der Waals surface area contributed by atoms with Gasteiger partial charge in [0.25, 0.3) is 5.91 Å².